The van der Waals surface area contributed by atoms with Crippen molar-refractivity contribution in [3.05, 3.63) is 0 Å². The molecule has 15 heavy (non-hydrogen) atoms. The van der Waals surface area contributed by atoms with E-state index in [-0.39, 0.29) is 0 Å². The second kappa shape index (κ2) is 6.46. The van der Waals surface area contributed by atoms with Crippen molar-refractivity contribution in [3.63, 3.8) is 0 Å². The molecule has 2 aliphatic heterocycles. The van der Waals surface area contributed by atoms with Crippen molar-refractivity contribution in [2.24, 2.45) is 5.92 Å². The van der Waals surface area contributed by atoms with Crippen LogP contribution < -0.4 is 5.32 Å². The van der Waals surface area contributed by atoms with E-state index in [0.29, 0.717) is 6.10 Å². The lowest BCUT2D eigenvalue weighted by molar-refractivity contribution is -0.0422. The van der Waals surface area contributed by atoms with Gasteiger partial charge in [-0.3, -0.25) is 0 Å². The summed E-state index contributed by atoms with van der Waals surface area (Å²) in [5, 5.41) is 3.38. The SMILES string of the molecule is C1CCC(COCCC2CCNC2)OC1. The summed E-state index contributed by atoms with van der Waals surface area (Å²) < 4.78 is 11.3. The van der Waals surface area contributed by atoms with Crippen LogP contribution in [0.4, 0.5) is 0 Å². The minimum absolute atomic E-state index is 0.375. The summed E-state index contributed by atoms with van der Waals surface area (Å²) in [5.74, 6) is 0.845. The van der Waals surface area contributed by atoms with Crippen LogP contribution in [0, 0.1) is 5.92 Å². The molecule has 0 aromatic rings. The Hall–Kier alpha value is -0.120. The summed E-state index contributed by atoms with van der Waals surface area (Å²) >= 11 is 0. The lowest BCUT2D eigenvalue weighted by Crippen LogP contribution is -2.24. The Morgan fingerprint density at radius 2 is 2.27 bits per heavy atom. The highest BCUT2D eigenvalue weighted by atomic mass is 16.5. The molecule has 3 heteroatoms. The van der Waals surface area contributed by atoms with Gasteiger partial charge >= 0.3 is 0 Å². The van der Waals surface area contributed by atoms with Gasteiger partial charge in [0, 0.05) is 13.2 Å². The first-order valence-corrected chi connectivity index (χ1v) is 6.35. The van der Waals surface area contributed by atoms with Crippen molar-refractivity contribution in [3.8, 4) is 0 Å². The van der Waals surface area contributed by atoms with Gasteiger partial charge in [0.05, 0.1) is 12.7 Å². The Morgan fingerprint density at radius 3 is 3.00 bits per heavy atom. The Kier molecular flexibility index (Phi) is 4.90. The minimum atomic E-state index is 0.375. The molecule has 0 spiro atoms. The fourth-order valence-electron chi connectivity index (χ4n) is 2.36. The third-order valence-corrected chi connectivity index (χ3v) is 3.41. The number of hydrogen-bond donors (Lipinski definition) is 1. The van der Waals surface area contributed by atoms with Crippen LogP contribution in [0.3, 0.4) is 0 Å². The zero-order valence-corrected chi connectivity index (χ0v) is 9.54. The van der Waals surface area contributed by atoms with Gasteiger partial charge in [0.2, 0.25) is 0 Å². The molecular weight excluding hydrogens is 190 g/mol. The molecule has 0 aromatic heterocycles. The fraction of sp³-hybridized carbons (Fsp3) is 1.00. The van der Waals surface area contributed by atoms with E-state index >= 15 is 0 Å². The lowest BCUT2D eigenvalue weighted by Gasteiger charge is -2.22. The van der Waals surface area contributed by atoms with Crippen LogP contribution >= 0.6 is 0 Å². The first-order chi connectivity index (χ1) is 7.45. The molecule has 2 rings (SSSR count). The molecule has 0 bridgehead atoms. The van der Waals surface area contributed by atoms with Gasteiger partial charge in [-0.2, -0.15) is 0 Å². The molecule has 0 saturated carbocycles. The zero-order chi connectivity index (χ0) is 10.3. The first kappa shape index (κ1) is 11.4. The number of ether oxygens (including phenoxy) is 2. The largest absolute Gasteiger partial charge is 0.379 e. The van der Waals surface area contributed by atoms with Crippen LogP contribution in [-0.4, -0.2) is 39.0 Å². The maximum Gasteiger partial charge on any atom is 0.0808 e. The van der Waals surface area contributed by atoms with Gasteiger partial charge in [-0.25, -0.2) is 0 Å². The van der Waals surface area contributed by atoms with E-state index in [4.69, 9.17) is 9.47 Å². The molecule has 3 nitrogen and oxygen atoms in total. The Bertz CT molecular complexity index is 163. The summed E-state index contributed by atoms with van der Waals surface area (Å²) in [6.07, 6.45) is 6.62. The van der Waals surface area contributed by atoms with Crippen LogP contribution in [-0.2, 0) is 9.47 Å². The van der Waals surface area contributed by atoms with Crippen molar-refractivity contribution in [1.82, 2.24) is 5.32 Å². The molecule has 1 N–H and O–H groups in total. The van der Waals surface area contributed by atoms with E-state index in [2.05, 4.69) is 5.32 Å². The topological polar surface area (TPSA) is 30.5 Å². The molecule has 2 unspecified atom stereocenters. The van der Waals surface area contributed by atoms with E-state index in [1.54, 1.807) is 0 Å². The van der Waals surface area contributed by atoms with E-state index < -0.39 is 0 Å². The third kappa shape index (κ3) is 4.09. The third-order valence-electron chi connectivity index (χ3n) is 3.41. The standard InChI is InChI=1S/C12H23NO2/c1-2-7-15-12(3-1)10-14-8-5-11-4-6-13-9-11/h11-13H,1-10H2. The molecule has 2 fully saturated rings. The predicted octanol–water partition coefficient (Wildman–Crippen LogP) is 1.57. The summed E-state index contributed by atoms with van der Waals surface area (Å²) in [7, 11) is 0. The summed E-state index contributed by atoms with van der Waals surface area (Å²) in [6, 6.07) is 0. The lowest BCUT2D eigenvalue weighted by atomic mass is 10.1. The van der Waals surface area contributed by atoms with Crippen LogP contribution in [0.25, 0.3) is 0 Å². The van der Waals surface area contributed by atoms with Gasteiger partial charge in [-0.05, 0) is 51.1 Å². The first-order valence-electron chi connectivity index (χ1n) is 6.35. The average molecular weight is 213 g/mol. The normalized spacial score (nSPS) is 32.0. The Balaban J connectivity index is 1.47. The average Bonchev–Trinajstić information content (AvgIpc) is 2.79. The van der Waals surface area contributed by atoms with Gasteiger partial charge < -0.3 is 14.8 Å². The summed E-state index contributed by atoms with van der Waals surface area (Å²) in [6.45, 7) is 5.02. The van der Waals surface area contributed by atoms with Crippen LogP contribution in [0.2, 0.25) is 0 Å². The van der Waals surface area contributed by atoms with Gasteiger partial charge in [-0.15, -0.1) is 0 Å². The Labute approximate surface area is 92.5 Å². The summed E-state index contributed by atoms with van der Waals surface area (Å²) in [5.41, 5.74) is 0. The molecule has 88 valence electrons. The van der Waals surface area contributed by atoms with Crippen LogP contribution in [0.1, 0.15) is 32.1 Å². The van der Waals surface area contributed by atoms with Crippen molar-refractivity contribution in [2.75, 3.05) is 32.9 Å². The molecule has 2 saturated heterocycles. The number of rotatable bonds is 5. The van der Waals surface area contributed by atoms with Crippen molar-refractivity contribution in [1.29, 1.82) is 0 Å². The molecular formula is C12H23NO2. The molecule has 2 heterocycles. The summed E-state index contributed by atoms with van der Waals surface area (Å²) in [4.78, 5) is 0. The highest BCUT2D eigenvalue weighted by molar-refractivity contribution is 4.70. The molecule has 0 aliphatic carbocycles. The van der Waals surface area contributed by atoms with E-state index in [1.165, 1.54) is 45.2 Å². The number of hydrogen-bond acceptors (Lipinski definition) is 3. The maximum absolute atomic E-state index is 5.68. The van der Waals surface area contributed by atoms with Crippen LogP contribution in [0.15, 0.2) is 0 Å². The highest BCUT2D eigenvalue weighted by Crippen LogP contribution is 2.14. The molecule has 0 aromatic carbocycles. The monoisotopic (exact) mass is 213 g/mol. The van der Waals surface area contributed by atoms with E-state index in [0.717, 1.165) is 25.7 Å². The van der Waals surface area contributed by atoms with E-state index in [1.807, 2.05) is 0 Å². The second-order valence-electron chi connectivity index (χ2n) is 4.71. The highest BCUT2D eigenvalue weighted by Gasteiger charge is 2.16. The van der Waals surface area contributed by atoms with Crippen molar-refractivity contribution >= 4 is 0 Å². The van der Waals surface area contributed by atoms with Crippen molar-refractivity contribution < 1.29 is 9.47 Å². The van der Waals surface area contributed by atoms with Gasteiger partial charge in [0.15, 0.2) is 0 Å². The molecule has 0 radical (unpaired) electrons. The van der Waals surface area contributed by atoms with Gasteiger partial charge in [0.1, 0.15) is 0 Å². The quantitative estimate of drug-likeness (QED) is 0.703. The smallest absolute Gasteiger partial charge is 0.0808 e. The molecule has 2 aliphatic rings. The minimum Gasteiger partial charge on any atom is -0.379 e. The maximum atomic E-state index is 5.68. The predicted molar refractivity (Wildman–Crippen MR) is 60.0 cm³/mol. The molecule has 0 amide bonds. The van der Waals surface area contributed by atoms with Gasteiger partial charge in [-0.1, -0.05) is 0 Å². The van der Waals surface area contributed by atoms with E-state index in [9.17, 15) is 0 Å². The molecule has 2 atom stereocenters. The zero-order valence-electron chi connectivity index (χ0n) is 9.54. The van der Waals surface area contributed by atoms with Crippen molar-refractivity contribution in [2.45, 2.75) is 38.2 Å². The Morgan fingerprint density at radius 1 is 1.27 bits per heavy atom. The van der Waals surface area contributed by atoms with Gasteiger partial charge in [0.25, 0.3) is 0 Å². The fourth-order valence-corrected chi connectivity index (χ4v) is 2.36. The second-order valence-corrected chi connectivity index (χ2v) is 4.71. The van der Waals surface area contributed by atoms with Crippen LogP contribution in [0.5, 0.6) is 0 Å². The number of nitrogens with one attached hydrogen (secondary N) is 1.